The van der Waals surface area contributed by atoms with Crippen molar-refractivity contribution in [1.82, 2.24) is 20.4 Å². The van der Waals surface area contributed by atoms with Gasteiger partial charge in [-0.3, -0.25) is 9.69 Å². The number of hydrogen-bond acceptors (Lipinski definition) is 5. The zero-order valence-corrected chi connectivity index (χ0v) is 17.6. The predicted octanol–water partition coefficient (Wildman–Crippen LogP) is 4.03. The zero-order chi connectivity index (χ0) is 20.1. The van der Waals surface area contributed by atoms with Gasteiger partial charge in [-0.25, -0.2) is 0 Å². The van der Waals surface area contributed by atoms with Crippen LogP contribution in [0.25, 0.3) is 11.4 Å². The van der Waals surface area contributed by atoms with Crippen molar-refractivity contribution < 1.29 is 9.32 Å². The molecule has 150 valence electrons. The van der Waals surface area contributed by atoms with E-state index in [2.05, 4.69) is 36.3 Å². The molecule has 0 spiro atoms. The molecule has 29 heavy (non-hydrogen) atoms. The molecule has 3 aromatic rings. The van der Waals surface area contributed by atoms with Crippen LogP contribution in [0.2, 0.25) is 0 Å². The van der Waals surface area contributed by atoms with Crippen LogP contribution < -0.4 is 5.32 Å². The molecule has 1 fully saturated rings. The number of nitrogens with one attached hydrogen (secondary N) is 1. The number of amides is 1. The van der Waals surface area contributed by atoms with Gasteiger partial charge in [0.05, 0.1) is 12.5 Å². The van der Waals surface area contributed by atoms with E-state index in [0.717, 1.165) is 35.0 Å². The quantitative estimate of drug-likeness (QED) is 0.608. The van der Waals surface area contributed by atoms with Crippen molar-refractivity contribution in [3.8, 4) is 11.4 Å². The third-order valence-corrected chi connectivity index (χ3v) is 5.64. The first-order valence-electron chi connectivity index (χ1n) is 9.80. The summed E-state index contributed by atoms with van der Waals surface area (Å²) in [5.74, 6) is 1.26. The van der Waals surface area contributed by atoms with Crippen LogP contribution in [0.15, 0.2) is 63.6 Å². The van der Waals surface area contributed by atoms with Gasteiger partial charge in [-0.15, -0.1) is 0 Å². The van der Waals surface area contributed by atoms with Gasteiger partial charge >= 0.3 is 0 Å². The maximum Gasteiger partial charge on any atom is 0.241 e. The Morgan fingerprint density at radius 1 is 1.17 bits per heavy atom. The lowest BCUT2D eigenvalue weighted by Gasteiger charge is -2.30. The molecule has 2 heterocycles. The lowest BCUT2D eigenvalue weighted by atomic mass is 9.97. The summed E-state index contributed by atoms with van der Waals surface area (Å²) in [5, 5.41) is 7.15. The highest BCUT2D eigenvalue weighted by molar-refractivity contribution is 9.10. The molecule has 0 aliphatic carbocycles. The lowest BCUT2D eigenvalue weighted by molar-refractivity contribution is -0.127. The van der Waals surface area contributed by atoms with E-state index in [0.29, 0.717) is 31.3 Å². The van der Waals surface area contributed by atoms with Crippen LogP contribution in [0.3, 0.4) is 0 Å². The molecule has 0 radical (unpaired) electrons. The van der Waals surface area contributed by atoms with Gasteiger partial charge in [0.15, 0.2) is 0 Å². The Hall–Kier alpha value is -2.51. The molecule has 1 aromatic heterocycles. The van der Waals surface area contributed by atoms with Gasteiger partial charge in [-0.1, -0.05) is 51.4 Å². The van der Waals surface area contributed by atoms with Crippen LogP contribution in [0, 0.1) is 5.92 Å². The fourth-order valence-electron chi connectivity index (χ4n) is 3.57. The van der Waals surface area contributed by atoms with E-state index in [4.69, 9.17) is 4.52 Å². The zero-order valence-electron chi connectivity index (χ0n) is 16.1. The van der Waals surface area contributed by atoms with E-state index in [9.17, 15) is 4.79 Å². The second-order valence-electron chi connectivity index (χ2n) is 7.30. The molecule has 1 atom stereocenters. The number of rotatable bonds is 6. The number of benzene rings is 2. The number of likely N-dealkylation sites (tertiary alicyclic amines) is 1. The second-order valence-corrected chi connectivity index (χ2v) is 8.21. The molecule has 0 bridgehead atoms. The van der Waals surface area contributed by atoms with Crippen molar-refractivity contribution in [2.45, 2.75) is 25.9 Å². The molecule has 0 saturated carbocycles. The smallest absolute Gasteiger partial charge is 0.241 e. The molecule has 1 saturated heterocycles. The van der Waals surface area contributed by atoms with Crippen molar-refractivity contribution >= 4 is 21.8 Å². The topological polar surface area (TPSA) is 71.3 Å². The summed E-state index contributed by atoms with van der Waals surface area (Å²) in [5.41, 5.74) is 2.03. The van der Waals surface area contributed by atoms with Crippen LogP contribution in [0.5, 0.6) is 0 Å². The molecule has 4 rings (SSSR count). The van der Waals surface area contributed by atoms with Gasteiger partial charge in [0.2, 0.25) is 17.6 Å². The van der Waals surface area contributed by atoms with Gasteiger partial charge < -0.3 is 9.84 Å². The lowest BCUT2D eigenvalue weighted by Crippen LogP contribution is -2.42. The molecule has 6 nitrogen and oxygen atoms in total. The summed E-state index contributed by atoms with van der Waals surface area (Å²) >= 11 is 3.43. The number of carbonyl (C=O) groups is 1. The van der Waals surface area contributed by atoms with Crippen LogP contribution in [0.4, 0.5) is 0 Å². The Morgan fingerprint density at radius 3 is 2.76 bits per heavy atom. The maximum absolute atomic E-state index is 12.6. The average molecular weight is 455 g/mol. The highest BCUT2D eigenvalue weighted by Crippen LogP contribution is 2.21. The summed E-state index contributed by atoms with van der Waals surface area (Å²) < 4.78 is 6.45. The van der Waals surface area contributed by atoms with Crippen LogP contribution in [-0.4, -0.2) is 34.0 Å². The molecular formula is C22H23BrN4O2. The third-order valence-electron chi connectivity index (χ3n) is 5.12. The summed E-state index contributed by atoms with van der Waals surface area (Å²) in [6.07, 6.45) is 1.89. The van der Waals surface area contributed by atoms with Crippen molar-refractivity contribution in [3.63, 3.8) is 0 Å². The summed E-state index contributed by atoms with van der Waals surface area (Å²) in [7, 11) is 0. The van der Waals surface area contributed by atoms with E-state index in [1.54, 1.807) is 0 Å². The van der Waals surface area contributed by atoms with Gasteiger partial charge in [0, 0.05) is 23.1 Å². The Balaban J connectivity index is 1.32. The van der Waals surface area contributed by atoms with Crippen LogP contribution in [-0.2, 0) is 17.9 Å². The van der Waals surface area contributed by atoms with Crippen molar-refractivity contribution in [3.05, 3.63) is 70.5 Å². The molecule has 2 aromatic carbocycles. The Kier molecular flexibility index (Phi) is 6.36. The Bertz CT molecular complexity index is 943. The second kappa shape index (κ2) is 9.33. The van der Waals surface area contributed by atoms with Crippen molar-refractivity contribution in [1.29, 1.82) is 0 Å². The van der Waals surface area contributed by atoms with E-state index in [1.165, 1.54) is 0 Å². The standard InChI is InChI=1S/C22H23BrN4O2/c23-19-10-8-17(9-11-19)21-25-20(29-26-21)15-27-12-4-7-18(14-27)22(28)24-13-16-5-2-1-3-6-16/h1-3,5-6,8-11,18H,4,7,12-15H2,(H,24,28). The number of aromatic nitrogens is 2. The fourth-order valence-corrected chi connectivity index (χ4v) is 3.83. The molecule has 7 heteroatoms. The third kappa shape index (κ3) is 5.31. The maximum atomic E-state index is 12.6. The first-order chi connectivity index (χ1) is 14.2. The van der Waals surface area contributed by atoms with Gasteiger partial charge in [0.25, 0.3) is 0 Å². The number of carbonyl (C=O) groups excluding carboxylic acids is 1. The Labute approximate surface area is 178 Å². The highest BCUT2D eigenvalue weighted by atomic mass is 79.9. The summed E-state index contributed by atoms with van der Waals surface area (Å²) in [6, 6.07) is 17.8. The monoisotopic (exact) mass is 454 g/mol. The van der Waals surface area contributed by atoms with Crippen LogP contribution in [0.1, 0.15) is 24.3 Å². The summed E-state index contributed by atoms with van der Waals surface area (Å²) in [4.78, 5) is 19.3. The van der Waals surface area contributed by atoms with E-state index >= 15 is 0 Å². The first-order valence-corrected chi connectivity index (χ1v) is 10.6. The van der Waals surface area contributed by atoms with Crippen molar-refractivity contribution in [2.24, 2.45) is 5.92 Å². The Morgan fingerprint density at radius 2 is 1.97 bits per heavy atom. The van der Waals surface area contributed by atoms with Crippen molar-refractivity contribution in [2.75, 3.05) is 13.1 Å². The normalized spacial score (nSPS) is 17.2. The largest absolute Gasteiger partial charge is 0.352 e. The predicted molar refractivity (Wildman–Crippen MR) is 114 cm³/mol. The highest BCUT2D eigenvalue weighted by Gasteiger charge is 2.26. The fraction of sp³-hybridized carbons (Fsp3) is 0.318. The van der Waals surface area contributed by atoms with Gasteiger partial charge in [-0.2, -0.15) is 4.98 Å². The van der Waals surface area contributed by atoms with Gasteiger partial charge in [0.1, 0.15) is 0 Å². The number of halogens is 1. The van der Waals surface area contributed by atoms with E-state index in [-0.39, 0.29) is 11.8 Å². The molecule has 1 aliphatic heterocycles. The number of hydrogen-bond donors (Lipinski definition) is 1. The van der Waals surface area contributed by atoms with Gasteiger partial charge in [-0.05, 0) is 49.2 Å². The molecule has 1 amide bonds. The van der Waals surface area contributed by atoms with E-state index in [1.807, 2.05) is 54.6 Å². The minimum Gasteiger partial charge on any atom is -0.352 e. The number of nitrogens with zero attached hydrogens (tertiary/aromatic N) is 3. The minimum atomic E-state index is -0.0127. The summed E-state index contributed by atoms with van der Waals surface area (Å²) in [6.45, 7) is 2.76. The minimum absolute atomic E-state index is 0.0127. The first kappa shape index (κ1) is 19.8. The molecule has 1 N–H and O–H groups in total. The molecule has 1 aliphatic rings. The number of piperidine rings is 1. The average Bonchev–Trinajstić information content (AvgIpc) is 3.22. The van der Waals surface area contributed by atoms with E-state index < -0.39 is 0 Å². The van der Waals surface area contributed by atoms with Crippen LogP contribution >= 0.6 is 15.9 Å². The molecule has 1 unspecified atom stereocenters. The molecular weight excluding hydrogens is 432 g/mol. The SMILES string of the molecule is O=C(NCc1ccccc1)C1CCCN(Cc2nc(-c3ccc(Br)cc3)no2)C1.